The summed E-state index contributed by atoms with van der Waals surface area (Å²) in [5.74, 6) is 0.679. The number of hydrogen-bond acceptors (Lipinski definition) is 3. The highest BCUT2D eigenvalue weighted by molar-refractivity contribution is 6.16. The van der Waals surface area contributed by atoms with Crippen LogP contribution in [0.5, 0.6) is 0 Å². The number of oxazole rings is 1. The van der Waals surface area contributed by atoms with E-state index in [1.807, 2.05) is 43.3 Å². The van der Waals surface area contributed by atoms with Gasteiger partial charge < -0.3 is 8.83 Å². The minimum Gasteiger partial charge on any atom is -0.456 e. The molecule has 17 heavy (non-hydrogen) atoms. The Morgan fingerprint density at radius 3 is 2.65 bits per heavy atom. The van der Waals surface area contributed by atoms with Gasteiger partial charge in [-0.3, -0.25) is 0 Å². The standard InChI is InChI=1S/C14H9NO2/c1-8-15-14-12(16-8)7-6-11-13(14)9-4-2-3-5-10(9)17-11/h2-7H,1H3. The molecule has 4 rings (SSSR count). The summed E-state index contributed by atoms with van der Waals surface area (Å²) in [6, 6.07) is 11.8. The van der Waals surface area contributed by atoms with Gasteiger partial charge in [0.2, 0.25) is 0 Å². The monoisotopic (exact) mass is 223 g/mol. The van der Waals surface area contributed by atoms with Crippen LogP contribution in [-0.4, -0.2) is 4.98 Å². The molecule has 2 heterocycles. The summed E-state index contributed by atoms with van der Waals surface area (Å²) < 4.78 is 11.3. The van der Waals surface area contributed by atoms with Crippen LogP contribution in [-0.2, 0) is 0 Å². The van der Waals surface area contributed by atoms with Gasteiger partial charge >= 0.3 is 0 Å². The van der Waals surface area contributed by atoms with Crippen molar-refractivity contribution in [1.82, 2.24) is 4.98 Å². The molecule has 4 aromatic rings. The van der Waals surface area contributed by atoms with Crippen LogP contribution in [0.1, 0.15) is 5.89 Å². The Morgan fingerprint density at radius 1 is 0.882 bits per heavy atom. The highest BCUT2D eigenvalue weighted by Crippen LogP contribution is 2.34. The van der Waals surface area contributed by atoms with Gasteiger partial charge in [-0.05, 0) is 18.2 Å². The third kappa shape index (κ3) is 1.08. The topological polar surface area (TPSA) is 39.2 Å². The molecular weight excluding hydrogens is 214 g/mol. The van der Waals surface area contributed by atoms with Crippen LogP contribution < -0.4 is 0 Å². The van der Waals surface area contributed by atoms with E-state index >= 15 is 0 Å². The Labute approximate surface area is 96.6 Å². The zero-order valence-electron chi connectivity index (χ0n) is 9.23. The Hall–Kier alpha value is -2.29. The van der Waals surface area contributed by atoms with E-state index in [9.17, 15) is 0 Å². The van der Waals surface area contributed by atoms with E-state index in [2.05, 4.69) is 4.98 Å². The molecule has 0 amide bonds. The quantitative estimate of drug-likeness (QED) is 0.451. The zero-order chi connectivity index (χ0) is 11.4. The van der Waals surface area contributed by atoms with Crippen LogP contribution in [0.4, 0.5) is 0 Å². The minimum absolute atomic E-state index is 0.679. The summed E-state index contributed by atoms with van der Waals surface area (Å²) >= 11 is 0. The smallest absolute Gasteiger partial charge is 0.192 e. The normalized spacial score (nSPS) is 11.8. The number of aryl methyl sites for hydroxylation is 1. The molecule has 2 aromatic heterocycles. The number of nitrogens with zero attached hydrogens (tertiary/aromatic N) is 1. The molecule has 0 saturated carbocycles. The van der Waals surface area contributed by atoms with Gasteiger partial charge in [-0.15, -0.1) is 0 Å². The van der Waals surface area contributed by atoms with Gasteiger partial charge in [-0.2, -0.15) is 0 Å². The molecule has 0 unspecified atom stereocenters. The first-order valence-electron chi connectivity index (χ1n) is 5.50. The number of furan rings is 1. The number of fused-ring (bicyclic) bond motifs is 5. The van der Waals surface area contributed by atoms with Crippen molar-refractivity contribution in [2.45, 2.75) is 6.92 Å². The largest absolute Gasteiger partial charge is 0.456 e. The number of aromatic nitrogens is 1. The Kier molecular flexibility index (Phi) is 1.50. The van der Waals surface area contributed by atoms with E-state index in [-0.39, 0.29) is 0 Å². The van der Waals surface area contributed by atoms with Crippen LogP contribution in [0.15, 0.2) is 45.2 Å². The van der Waals surface area contributed by atoms with Crippen molar-refractivity contribution in [3.63, 3.8) is 0 Å². The summed E-state index contributed by atoms with van der Waals surface area (Å²) in [6.07, 6.45) is 0. The summed E-state index contributed by atoms with van der Waals surface area (Å²) in [4.78, 5) is 4.44. The lowest BCUT2D eigenvalue weighted by Gasteiger charge is -1.89. The van der Waals surface area contributed by atoms with E-state index in [4.69, 9.17) is 8.83 Å². The average molecular weight is 223 g/mol. The summed E-state index contributed by atoms with van der Waals surface area (Å²) in [6.45, 7) is 1.86. The molecule has 0 bridgehead atoms. The number of benzene rings is 2. The van der Waals surface area contributed by atoms with Crippen molar-refractivity contribution in [3.8, 4) is 0 Å². The van der Waals surface area contributed by atoms with E-state index < -0.39 is 0 Å². The van der Waals surface area contributed by atoms with Gasteiger partial charge in [0.1, 0.15) is 16.7 Å². The number of para-hydroxylation sites is 1. The van der Waals surface area contributed by atoms with Crippen molar-refractivity contribution < 1.29 is 8.83 Å². The van der Waals surface area contributed by atoms with Crippen LogP contribution in [0.3, 0.4) is 0 Å². The van der Waals surface area contributed by atoms with Crippen molar-refractivity contribution in [3.05, 3.63) is 42.3 Å². The molecule has 3 heteroatoms. The average Bonchev–Trinajstić information content (AvgIpc) is 2.87. The van der Waals surface area contributed by atoms with Crippen LogP contribution in [0, 0.1) is 6.92 Å². The third-order valence-electron chi connectivity index (χ3n) is 3.01. The SMILES string of the molecule is Cc1nc2c(ccc3oc4ccccc4c32)o1. The fourth-order valence-electron chi connectivity index (χ4n) is 2.31. The van der Waals surface area contributed by atoms with Gasteiger partial charge in [-0.25, -0.2) is 4.98 Å². The fourth-order valence-corrected chi connectivity index (χ4v) is 2.31. The van der Waals surface area contributed by atoms with Crippen molar-refractivity contribution in [2.75, 3.05) is 0 Å². The maximum atomic E-state index is 5.79. The van der Waals surface area contributed by atoms with E-state index in [1.165, 1.54) is 0 Å². The Morgan fingerprint density at radius 2 is 1.71 bits per heavy atom. The van der Waals surface area contributed by atoms with Crippen molar-refractivity contribution >= 4 is 33.0 Å². The predicted molar refractivity (Wildman–Crippen MR) is 66.0 cm³/mol. The summed E-state index contributed by atoms with van der Waals surface area (Å²) in [5.41, 5.74) is 3.43. The molecule has 0 aliphatic heterocycles. The lowest BCUT2D eigenvalue weighted by atomic mass is 10.1. The molecule has 0 N–H and O–H groups in total. The second-order valence-electron chi connectivity index (χ2n) is 4.12. The maximum Gasteiger partial charge on any atom is 0.192 e. The number of hydrogen-bond donors (Lipinski definition) is 0. The molecule has 3 nitrogen and oxygen atoms in total. The molecule has 0 atom stereocenters. The highest BCUT2D eigenvalue weighted by atomic mass is 16.3. The highest BCUT2D eigenvalue weighted by Gasteiger charge is 2.13. The first-order valence-corrected chi connectivity index (χ1v) is 5.50. The first kappa shape index (κ1) is 8.82. The molecule has 0 aliphatic rings. The predicted octanol–water partition coefficient (Wildman–Crippen LogP) is 4.04. The van der Waals surface area contributed by atoms with Crippen molar-refractivity contribution in [2.24, 2.45) is 0 Å². The van der Waals surface area contributed by atoms with Gasteiger partial charge in [0, 0.05) is 12.3 Å². The van der Waals surface area contributed by atoms with Gasteiger partial charge in [0.15, 0.2) is 11.5 Å². The molecule has 0 radical (unpaired) electrons. The summed E-state index contributed by atoms with van der Waals surface area (Å²) in [7, 11) is 0. The second-order valence-corrected chi connectivity index (χ2v) is 4.12. The molecule has 0 spiro atoms. The first-order chi connectivity index (χ1) is 8.33. The molecule has 0 aliphatic carbocycles. The molecule has 82 valence electrons. The Balaban J connectivity index is 2.37. The molecular formula is C14H9NO2. The van der Waals surface area contributed by atoms with Crippen LogP contribution >= 0.6 is 0 Å². The van der Waals surface area contributed by atoms with Gasteiger partial charge in [0.25, 0.3) is 0 Å². The molecule has 0 fully saturated rings. The lowest BCUT2D eigenvalue weighted by Crippen LogP contribution is -1.71. The van der Waals surface area contributed by atoms with Crippen molar-refractivity contribution in [1.29, 1.82) is 0 Å². The minimum atomic E-state index is 0.679. The fraction of sp³-hybridized carbons (Fsp3) is 0.0714. The number of rotatable bonds is 0. The Bertz CT molecular complexity index is 854. The van der Waals surface area contributed by atoms with E-state index in [0.29, 0.717) is 5.89 Å². The maximum absolute atomic E-state index is 5.79. The molecule has 2 aromatic carbocycles. The van der Waals surface area contributed by atoms with E-state index in [1.54, 1.807) is 0 Å². The van der Waals surface area contributed by atoms with Crippen LogP contribution in [0.25, 0.3) is 33.0 Å². The summed E-state index contributed by atoms with van der Waals surface area (Å²) in [5, 5.41) is 2.12. The second kappa shape index (κ2) is 2.88. The zero-order valence-corrected chi connectivity index (χ0v) is 9.23. The van der Waals surface area contributed by atoms with Crippen LogP contribution in [0.2, 0.25) is 0 Å². The van der Waals surface area contributed by atoms with E-state index in [0.717, 1.165) is 33.0 Å². The van der Waals surface area contributed by atoms with Gasteiger partial charge in [0.05, 0.1) is 5.39 Å². The third-order valence-corrected chi connectivity index (χ3v) is 3.01. The van der Waals surface area contributed by atoms with Gasteiger partial charge in [-0.1, -0.05) is 18.2 Å². The lowest BCUT2D eigenvalue weighted by molar-refractivity contribution is 0.561. The molecule has 0 saturated heterocycles.